The van der Waals surface area contributed by atoms with E-state index >= 15 is 0 Å². The summed E-state index contributed by atoms with van der Waals surface area (Å²) >= 11 is 0. The maximum Gasteiger partial charge on any atom is 0.256 e. The van der Waals surface area contributed by atoms with Crippen LogP contribution >= 0.6 is 0 Å². The number of benzene rings is 1. The van der Waals surface area contributed by atoms with Gasteiger partial charge in [0.15, 0.2) is 5.82 Å². The summed E-state index contributed by atoms with van der Waals surface area (Å²) < 4.78 is 0. The van der Waals surface area contributed by atoms with Crippen molar-refractivity contribution < 1.29 is 4.79 Å². The van der Waals surface area contributed by atoms with Gasteiger partial charge in [0.05, 0.1) is 17.4 Å². The number of carbonyl (C=O) groups is 1. The van der Waals surface area contributed by atoms with E-state index in [1.165, 1.54) is 0 Å². The van der Waals surface area contributed by atoms with Crippen molar-refractivity contribution in [2.75, 3.05) is 49.6 Å². The Hall–Kier alpha value is -3.09. The zero-order chi connectivity index (χ0) is 18.8. The van der Waals surface area contributed by atoms with Crippen LogP contribution in [-0.4, -0.2) is 65.8 Å². The lowest BCUT2D eigenvalue weighted by Gasteiger charge is -2.36. The van der Waals surface area contributed by atoms with Gasteiger partial charge in [-0.05, 0) is 19.1 Å². The van der Waals surface area contributed by atoms with Crippen LogP contribution in [-0.2, 0) is 0 Å². The molecule has 1 aliphatic heterocycles. The first-order valence-electron chi connectivity index (χ1n) is 9.32. The van der Waals surface area contributed by atoms with Crippen molar-refractivity contribution in [3.63, 3.8) is 0 Å². The third kappa shape index (κ3) is 3.20. The number of rotatable bonds is 4. The molecule has 7 nitrogen and oxygen atoms in total. The number of aromatic nitrogens is 3. The molecule has 1 amide bonds. The van der Waals surface area contributed by atoms with Crippen LogP contribution in [0, 0.1) is 0 Å². The number of hydrogen-bond acceptors (Lipinski definition) is 5. The number of piperazine rings is 1. The number of H-pyrrole nitrogens is 1. The minimum Gasteiger partial charge on any atom is -0.372 e. The molecule has 0 unspecified atom stereocenters. The molecule has 4 rings (SSSR count). The number of nitrogens with zero attached hydrogens (tertiary/aromatic N) is 5. The second-order valence-corrected chi connectivity index (χ2v) is 6.78. The van der Waals surface area contributed by atoms with E-state index < -0.39 is 0 Å². The molecule has 1 fully saturated rings. The predicted octanol–water partition coefficient (Wildman–Crippen LogP) is 2.38. The lowest BCUT2D eigenvalue weighted by Crippen LogP contribution is -2.49. The molecule has 0 radical (unpaired) electrons. The first-order valence-corrected chi connectivity index (χ1v) is 9.32. The Morgan fingerprint density at radius 1 is 1.19 bits per heavy atom. The molecule has 140 valence electrons. The molecule has 27 heavy (non-hydrogen) atoms. The maximum absolute atomic E-state index is 13.0. The van der Waals surface area contributed by atoms with Crippen molar-refractivity contribution in [2.45, 2.75) is 6.92 Å². The summed E-state index contributed by atoms with van der Waals surface area (Å²) in [4.78, 5) is 22.5. The largest absolute Gasteiger partial charge is 0.372 e. The Labute approximate surface area is 158 Å². The molecule has 3 aromatic rings. The Kier molecular flexibility index (Phi) is 4.66. The number of hydrogen-bond donors (Lipinski definition) is 1. The number of amides is 1. The molecule has 7 heteroatoms. The molecule has 0 saturated carbocycles. The fourth-order valence-corrected chi connectivity index (χ4v) is 3.55. The van der Waals surface area contributed by atoms with E-state index in [0.29, 0.717) is 13.1 Å². The summed E-state index contributed by atoms with van der Waals surface area (Å²) in [5.41, 5.74) is 2.81. The topological polar surface area (TPSA) is 68.4 Å². The van der Waals surface area contributed by atoms with Gasteiger partial charge in [-0.3, -0.25) is 4.79 Å². The summed E-state index contributed by atoms with van der Waals surface area (Å²) in [6, 6.07) is 9.91. The van der Waals surface area contributed by atoms with Gasteiger partial charge < -0.3 is 19.7 Å². The van der Waals surface area contributed by atoms with Crippen molar-refractivity contribution >= 4 is 28.3 Å². The molecule has 3 heterocycles. The molecule has 1 N–H and O–H groups in total. The van der Waals surface area contributed by atoms with E-state index in [-0.39, 0.29) is 5.91 Å². The highest BCUT2D eigenvalue weighted by atomic mass is 16.2. The molecule has 1 aliphatic rings. The first-order chi connectivity index (χ1) is 13.2. The van der Waals surface area contributed by atoms with Gasteiger partial charge in [-0.2, -0.15) is 5.10 Å². The standard InChI is InChI=1S/C20H24N6O/c1-3-24(2)18-8-9-22-23-19(18)25-10-12-26(13-11-25)20(27)16-14-21-17-7-5-4-6-15(16)17/h4-9,14,21H,3,10-13H2,1-2H3. The molecule has 0 spiro atoms. The van der Waals surface area contributed by atoms with Crippen LogP contribution < -0.4 is 9.80 Å². The number of carbonyl (C=O) groups excluding carboxylic acids is 1. The van der Waals surface area contributed by atoms with Gasteiger partial charge in [-0.25, -0.2) is 0 Å². The minimum absolute atomic E-state index is 0.0807. The van der Waals surface area contributed by atoms with Crippen LogP contribution in [0.3, 0.4) is 0 Å². The van der Waals surface area contributed by atoms with Gasteiger partial charge >= 0.3 is 0 Å². The first kappa shape index (κ1) is 17.3. The van der Waals surface area contributed by atoms with Gasteiger partial charge in [0.25, 0.3) is 5.91 Å². The highest BCUT2D eigenvalue weighted by Crippen LogP contribution is 2.26. The van der Waals surface area contributed by atoms with E-state index in [9.17, 15) is 4.79 Å². The van der Waals surface area contributed by atoms with Gasteiger partial charge in [0.2, 0.25) is 0 Å². The molecule has 0 bridgehead atoms. The quantitative estimate of drug-likeness (QED) is 0.770. The number of aromatic amines is 1. The van der Waals surface area contributed by atoms with Crippen molar-refractivity contribution in [3.05, 3.63) is 48.3 Å². The van der Waals surface area contributed by atoms with Crippen LogP contribution in [0.15, 0.2) is 42.7 Å². The van der Waals surface area contributed by atoms with E-state index in [4.69, 9.17) is 0 Å². The lowest BCUT2D eigenvalue weighted by atomic mass is 10.1. The van der Waals surface area contributed by atoms with Gasteiger partial charge in [-0.1, -0.05) is 18.2 Å². The predicted molar refractivity (Wildman–Crippen MR) is 107 cm³/mol. The molecular weight excluding hydrogens is 340 g/mol. The van der Waals surface area contributed by atoms with Crippen LogP contribution in [0.2, 0.25) is 0 Å². The normalized spacial score (nSPS) is 14.6. The molecule has 0 atom stereocenters. The monoisotopic (exact) mass is 364 g/mol. The summed E-state index contributed by atoms with van der Waals surface area (Å²) in [5.74, 6) is 0.971. The third-order valence-electron chi connectivity index (χ3n) is 5.25. The highest BCUT2D eigenvalue weighted by molar-refractivity contribution is 6.06. The molecular formula is C20H24N6O. The zero-order valence-electron chi connectivity index (χ0n) is 15.7. The van der Waals surface area contributed by atoms with Crippen molar-refractivity contribution in [2.24, 2.45) is 0 Å². The summed E-state index contributed by atoms with van der Waals surface area (Å²) in [6.45, 7) is 5.85. The summed E-state index contributed by atoms with van der Waals surface area (Å²) in [6.07, 6.45) is 3.54. The Bertz CT molecular complexity index is 944. The highest BCUT2D eigenvalue weighted by Gasteiger charge is 2.26. The molecule has 1 aromatic carbocycles. The SMILES string of the molecule is CCN(C)c1ccnnc1N1CCN(C(=O)c2c[nH]c3ccccc23)CC1. The maximum atomic E-state index is 13.0. The fraction of sp³-hybridized carbons (Fsp3) is 0.350. The number of fused-ring (bicyclic) bond motifs is 1. The molecule has 2 aromatic heterocycles. The van der Waals surface area contributed by atoms with E-state index in [1.807, 2.05) is 41.4 Å². The number of para-hydroxylation sites is 1. The Balaban J connectivity index is 1.49. The van der Waals surface area contributed by atoms with Crippen molar-refractivity contribution in [3.8, 4) is 0 Å². The smallest absolute Gasteiger partial charge is 0.256 e. The molecule has 0 aliphatic carbocycles. The fourth-order valence-electron chi connectivity index (χ4n) is 3.55. The van der Waals surface area contributed by atoms with Crippen LogP contribution in [0.5, 0.6) is 0 Å². The minimum atomic E-state index is 0.0807. The average molecular weight is 364 g/mol. The third-order valence-corrected chi connectivity index (χ3v) is 5.25. The van der Waals surface area contributed by atoms with Crippen molar-refractivity contribution in [1.29, 1.82) is 0 Å². The number of anilines is 2. The second kappa shape index (κ2) is 7.26. The lowest BCUT2D eigenvalue weighted by molar-refractivity contribution is 0.0748. The van der Waals surface area contributed by atoms with Crippen LogP contribution in [0.1, 0.15) is 17.3 Å². The van der Waals surface area contributed by atoms with Gasteiger partial charge in [-0.15, -0.1) is 5.10 Å². The van der Waals surface area contributed by atoms with E-state index in [1.54, 1.807) is 6.20 Å². The second-order valence-electron chi connectivity index (χ2n) is 6.78. The number of nitrogens with one attached hydrogen (secondary N) is 1. The van der Waals surface area contributed by atoms with Crippen LogP contribution in [0.4, 0.5) is 11.5 Å². The van der Waals surface area contributed by atoms with E-state index in [0.717, 1.165) is 47.6 Å². The molecule has 1 saturated heterocycles. The van der Waals surface area contributed by atoms with Crippen molar-refractivity contribution in [1.82, 2.24) is 20.1 Å². The van der Waals surface area contributed by atoms with Gasteiger partial charge in [0.1, 0.15) is 0 Å². The van der Waals surface area contributed by atoms with E-state index in [2.05, 4.69) is 39.0 Å². The summed E-state index contributed by atoms with van der Waals surface area (Å²) in [5, 5.41) is 9.40. The van der Waals surface area contributed by atoms with Crippen LogP contribution in [0.25, 0.3) is 10.9 Å². The Morgan fingerprint density at radius 3 is 2.74 bits per heavy atom. The van der Waals surface area contributed by atoms with Gasteiger partial charge in [0, 0.05) is 56.9 Å². The summed E-state index contributed by atoms with van der Waals surface area (Å²) in [7, 11) is 2.05. The average Bonchev–Trinajstić information content (AvgIpc) is 3.17. The zero-order valence-corrected chi connectivity index (χ0v) is 15.7. The Morgan fingerprint density at radius 2 is 1.96 bits per heavy atom.